The van der Waals surface area contributed by atoms with Crippen LogP contribution in [0.25, 0.3) is 0 Å². The third-order valence-corrected chi connectivity index (χ3v) is 4.53. The summed E-state index contributed by atoms with van der Waals surface area (Å²) in [5.74, 6) is -0.0868. The minimum absolute atomic E-state index is 0.0868. The maximum atomic E-state index is 11.8. The highest BCUT2D eigenvalue weighted by Crippen LogP contribution is 2.12. The Morgan fingerprint density at radius 2 is 1.31 bits per heavy atom. The number of carbonyl (C=O) groups excluding carboxylic acids is 1. The molecule has 0 aromatic rings. The van der Waals surface area contributed by atoms with Crippen molar-refractivity contribution in [1.82, 2.24) is 4.90 Å². The molecule has 3 nitrogen and oxygen atoms in total. The Morgan fingerprint density at radius 1 is 0.808 bits per heavy atom. The summed E-state index contributed by atoms with van der Waals surface area (Å²) in [6, 6.07) is 0. The lowest BCUT2D eigenvalue weighted by Crippen LogP contribution is -2.27. The van der Waals surface area contributed by atoms with E-state index in [9.17, 15) is 4.79 Å². The maximum absolute atomic E-state index is 11.8. The lowest BCUT2D eigenvalue weighted by molar-refractivity contribution is -0.143. The molecule has 0 fully saturated rings. The van der Waals surface area contributed by atoms with Crippen molar-refractivity contribution in [2.75, 3.05) is 26.2 Å². The molecule has 0 N–H and O–H groups in total. The van der Waals surface area contributed by atoms with Gasteiger partial charge in [-0.05, 0) is 72.9 Å². The lowest BCUT2D eigenvalue weighted by atomic mass is 10.1. The normalized spacial score (nSPS) is 12.4. The van der Waals surface area contributed by atoms with Crippen molar-refractivity contribution >= 4 is 5.97 Å². The Bertz CT molecular complexity index is 467. The summed E-state index contributed by atoms with van der Waals surface area (Å²) in [6.07, 6.45) is 12.5. The summed E-state index contributed by atoms with van der Waals surface area (Å²) in [7, 11) is 0. The predicted octanol–water partition coefficient (Wildman–Crippen LogP) is 6.07. The summed E-state index contributed by atoms with van der Waals surface area (Å²) in [4.78, 5) is 14.0. The topological polar surface area (TPSA) is 29.5 Å². The zero-order chi connectivity index (χ0) is 19.8. The van der Waals surface area contributed by atoms with Gasteiger partial charge in [-0.3, -0.25) is 4.79 Å². The molecule has 150 valence electrons. The summed E-state index contributed by atoms with van der Waals surface area (Å²) in [6.45, 7) is 16.2. The van der Waals surface area contributed by atoms with Crippen LogP contribution < -0.4 is 0 Å². The number of hydrogen-bond acceptors (Lipinski definition) is 3. The molecule has 0 aliphatic rings. The molecule has 3 heteroatoms. The summed E-state index contributed by atoms with van der Waals surface area (Å²) in [5, 5.41) is 0. The largest absolute Gasteiger partial charge is 0.464 e. The molecule has 0 aromatic heterocycles. The van der Waals surface area contributed by atoms with Gasteiger partial charge >= 0.3 is 5.97 Å². The van der Waals surface area contributed by atoms with Gasteiger partial charge in [-0.15, -0.1) is 0 Å². The van der Waals surface area contributed by atoms with Gasteiger partial charge in [0.2, 0.25) is 0 Å². The van der Waals surface area contributed by atoms with Crippen LogP contribution in [-0.4, -0.2) is 37.1 Å². The van der Waals surface area contributed by atoms with E-state index < -0.39 is 0 Å². The van der Waals surface area contributed by atoms with Crippen LogP contribution in [0.4, 0.5) is 0 Å². The van der Waals surface area contributed by atoms with Gasteiger partial charge in [0.15, 0.2) is 0 Å². The van der Waals surface area contributed by atoms with E-state index in [0.717, 1.165) is 51.7 Å². The molecule has 0 unspecified atom stereocenters. The van der Waals surface area contributed by atoms with Crippen LogP contribution in [0, 0.1) is 0 Å². The van der Waals surface area contributed by atoms with E-state index in [1.165, 1.54) is 16.7 Å². The van der Waals surface area contributed by atoms with Gasteiger partial charge in [-0.2, -0.15) is 0 Å². The van der Waals surface area contributed by atoms with E-state index >= 15 is 0 Å². The van der Waals surface area contributed by atoms with Crippen molar-refractivity contribution in [1.29, 1.82) is 0 Å². The van der Waals surface area contributed by atoms with Crippen LogP contribution in [-0.2, 0) is 9.53 Å². The Morgan fingerprint density at radius 3 is 1.81 bits per heavy atom. The van der Waals surface area contributed by atoms with Gasteiger partial charge in [-0.1, -0.05) is 48.8 Å². The van der Waals surface area contributed by atoms with Gasteiger partial charge in [0.05, 0.1) is 0 Å². The molecular formula is C23H41NO2. The molecule has 0 atom stereocenters. The van der Waals surface area contributed by atoms with E-state index in [-0.39, 0.29) is 5.97 Å². The number of ether oxygens (including phenoxy) is 1. The van der Waals surface area contributed by atoms with Crippen molar-refractivity contribution < 1.29 is 9.53 Å². The fourth-order valence-corrected chi connectivity index (χ4v) is 2.68. The monoisotopic (exact) mass is 363 g/mol. The number of hydrogen-bond donors (Lipinski definition) is 0. The van der Waals surface area contributed by atoms with Crippen LogP contribution in [0.5, 0.6) is 0 Å². The predicted molar refractivity (Wildman–Crippen MR) is 113 cm³/mol. The second kappa shape index (κ2) is 15.9. The second-order valence-electron chi connectivity index (χ2n) is 7.25. The van der Waals surface area contributed by atoms with E-state index in [1.54, 1.807) is 0 Å². The minimum Gasteiger partial charge on any atom is -0.464 e. The third-order valence-electron chi connectivity index (χ3n) is 4.53. The first kappa shape index (κ1) is 24.7. The average molecular weight is 364 g/mol. The van der Waals surface area contributed by atoms with Crippen molar-refractivity contribution in [2.45, 2.75) is 80.1 Å². The number of carbonyl (C=O) groups is 1. The van der Waals surface area contributed by atoms with Crippen LogP contribution >= 0.6 is 0 Å². The molecule has 0 bridgehead atoms. The summed E-state index contributed by atoms with van der Waals surface area (Å²) < 4.78 is 5.30. The first-order valence-electron chi connectivity index (χ1n) is 10.2. The van der Waals surface area contributed by atoms with E-state index in [0.29, 0.717) is 13.0 Å². The zero-order valence-corrected chi connectivity index (χ0v) is 18.1. The van der Waals surface area contributed by atoms with E-state index in [2.05, 4.69) is 64.7 Å². The molecule has 0 rings (SSSR count). The fraction of sp³-hybridized carbons (Fsp3) is 0.696. The van der Waals surface area contributed by atoms with E-state index in [1.807, 2.05) is 0 Å². The molecule has 0 spiro atoms. The standard InChI is InChI=1S/C23H41NO2/c1-7-24(8-2)18-19-26-23(25)17-11-16-22(6)15-10-14-21(5)13-9-12-20(3)4/h12,14,16H,7-11,13,15,17-19H2,1-6H3. The maximum Gasteiger partial charge on any atom is 0.306 e. The summed E-state index contributed by atoms with van der Waals surface area (Å²) in [5.41, 5.74) is 4.21. The number of rotatable bonds is 14. The molecule has 0 radical (unpaired) electrons. The zero-order valence-electron chi connectivity index (χ0n) is 18.1. The van der Waals surface area contributed by atoms with E-state index in [4.69, 9.17) is 4.74 Å². The number of esters is 1. The average Bonchev–Trinajstić information content (AvgIpc) is 2.58. The minimum atomic E-state index is -0.0868. The van der Waals surface area contributed by atoms with Crippen molar-refractivity contribution in [3.05, 3.63) is 34.9 Å². The number of nitrogens with zero attached hydrogens (tertiary/aromatic N) is 1. The van der Waals surface area contributed by atoms with Gasteiger partial charge < -0.3 is 9.64 Å². The van der Waals surface area contributed by atoms with Crippen molar-refractivity contribution in [2.24, 2.45) is 0 Å². The first-order valence-corrected chi connectivity index (χ1v) is 10.2. The lowest BCUT2D eigenvalue weighted by Gasteiger charge is -2.17. The molecule has 0 aromatic carbocycles. The molecule has 26 heavy (non-hydrogen) atoms. The number of likely N-dealkylation sites (N-methyl/N-ethyl adjacent to an activating group) is 1. The van der Waals surface area contributed by atoms with Gasteiger partial charge in [-0.25, -0.2) is 0 Å². The molecule has 0 saturated heterocycles. The first-order chi connectivity index (χ1) is 12.4. The Labute approximate surface area is 162 Å². The van der Waals surface area contributed by atoms with Gasteiger partial charge in [0.25, 0.3) is 0 Å². The van der Waals surface area contributed by atoms with Crippen LogP contribution in [0.15, 0.2) is 34.9 Å². The molecular weight excluding hydrogens is 322 g/mol. The quantitative estimate of drug-likeness (QED) is 0.277. The van der Waals surface area contributed by atoms with Gasteiger partial charge in [0, 0.05) is 13.0 Å². The van der Waals surface area contributed by atoms with Gasteiger partial charge in [0.1, 0.15) is 6.61 Å². The van der Waals surface area contributed by atoms with Crippen molar-refractivity contribution in [3.63, 3.8) is 0 Å². The molecule has 0 aliphatic carbocycles. The molecule has 0 saturated carbocycles. The van der Waals surface area contributed by atoms with Crippen LogP contribution in [0.3, 0.4) is 0 Å². The second-order valence-corrected chi connectivity index (χ2v) is 7.25. The van der Waals surface area contributed by atoms with Crippen molar-refractivity contribution in [3.8, 4) is 0 Å². The molecule has 0 aliphatic heterocycles. The Hall–Kier alpha value is -1.35. The highest BCUT2D eigenvalue weighted by atomic mass is 16.5. The SMILES string of the molecule is CCN(CC)CCOC(=O)CCC=C(C)CCC=C(C)CCC=C(C)C. The third kappa shape index (κ3) is 14.9. The number of allylic oxidation sites excluding steroid dienone is 6. The Kier molecular flexibility index (Phi) is 15.0. The summed E-state index contributed by atoms with van der Waals surface area (Å²) >= 11 is 0. The molecule has 0 heterocycles. The highest BCUT2D eigenvalue weighted by molar-refractivity contribution is 5.69. The van der Waals surface area contributed by atoms with Crippen LogP contribution in [0.2, 0.25) is 0 Å². The fourth-order valence-electron chi connectivity index (χ4n) is 2.68. The smallest absolute Gasteiger partial charge is 0.306 e. The van der Waals surface area contributed by atoms with Crippen LogP contribution in [0.1, 0.15) is 80.1 Å². The highest BCUT2D eigenvalue weighted by Gasteiger charge is 2.04. The Balaban J connectivity index is 3.89. The molecule has 0 amide bonds.